The predicted molar refractivity (Wildman–Crippen MR) is 71.1 cm³/mol. The number of carbonyl (C=O) groups is 1. The molecule has 4 heteroatoms. The van der Waals surface area contributed by atoms with Crippen LogP contribution in [0.25, 0.3) is 0 Å². The van der Waals surface area contributed by atoms with Crippen LogP contribution < -0.4 is 11.1 Å². The van der Waals surface area contributed by atoms with Crippen molar-refractivity contribution in [3.63, 3.8) is 0 Å². The average molecular weight is 254 g/mol. The summed E-state index contributed by atoms with van der Waals surface area (Å²) in [4.78, 5) is 12.0. The van der Waals surface area contributed by atoms with Crippen LogP contribution in [-0.2, 0) is 9.53 Å². The van der Waals surface area contributed by atoms with E-state index in [4.69, 9.17) is 10.5 Å². The fraction of sp³-hybridized carbons (Fsp3) is 0.929. The molecule has 0 aliphatic heterocycles. The molecule has 18 heavy (non-hydrogen) atoms. The Bertz CT molecular complexity index is 317. The Morgan fingerprint density at radius 2 is 2.17 bits per heavy atom. The summed E-state index contributed by atoms with van der Waals surface area (Å²) in [5, 5.41) is 3.14. The highest BCUT2D eigenvalue weighted by Gasteiger charge is 2.49. The van der Waals surface area contributed by atoms with Gasteiger partial charge in [0, 0.05) is 31.0 Å². The Labute approximate surface area is 110 Å². The van der Waals surface area contributed by atoms with Crippen molar-refractivity contribution in [2.24, 2.45) is 17.1 Å². The lowest BCUT2D eigenvalue weighted by Crippen LogP contribution is -2.61. The van der Waals surface area contributed by atoms with E-state index >= 15 is 0 Å². The van der Waals surface area contributed by atoms with Crippen LogP contribution in [0.4, 0.5) is 0 Å². The topological polar surface area (TPSA) is 64.3 Å². The van der Waals surface area contributed by atoms with Crippen molar-refractivity contribution < 1.29 is 9.53 Å². The number of hydrogen-bond acceptors (Lipinski definition) is 3. The first kappa shape index (κ1) is 13.8. The largest absolute Gasteiger partial charge is 0.381 e. The zero-order valence-corrected chi connectivity index (χ0v) is 11.7. The van der Waals surface area contributed by atoms with Crippen molar-refractivity contribution in [1.29, 1.82) is 0 Å². The Morgan fingerprint density at radius 3 is 2.67 bits per heavy atom. The van der Waals surface area contributed by atoms with Crippen LogP contribution in [0.5, 0.6) is 0 Å². The molecule has 0 saturated heterocycles. The molecule has 2 saturated carbocycles. The Balaban J connectivity index is 1.79. The van der Waals surface area contributed by atoms with Crippen molar-refractivity contribution in [1.82, 2.24) is 5.32 Å². The van der Waals surface area contributed by atoms with Gasteiger partial charge in [-0.2, -0.15) is 0 Å². The minimum atomic E-state index is 0.0439. The monoisotopic (exact) mass is 254 g/mol. The lowest BCUT2D eigenvalue weighted by molar-refractivity contribution is -0.133. The molecule has 0 aromatic rings. The molecule has 4 nitrogen and oxygen atoms in total. The van der Waals surface area contributed by atoms with E-state index in [1.807, 2.05) is 0 Å². The lowest BCUT2D eigenvalue weighted by atomic mass is 9.64. The number of ether oxygens (including phenoxy) is 1. The second-order valence-electron chi connectivity index (χ2n) is 6.46. The van der Waals surface area contributed by atoms with Gasteiger partial charge in [-0.05, 0) is 25.2 Å². The molecular weight excluding hydrogens is 228 g/mol. The smallest absolute Gasteiger partial charge is 0.220 e. The SMILES string of the molecule is COC1CC(NC(=O)C[C@@H]2CCC[C@H]2N)C1(C)C. The van der Waals surface area contributed by atoms with Crippen molar-refractivity contribution in [3.05, 3.63) is 0 Å². The summed E-state index contributed by atoms with van der Waals surface area (Å²) in [6.45, 7) is 4.30. The van der Waals surface area contributed by atoms with E-state index < -0.39 is 0 Å². The molecule has 2 unspecified atom stereocenters. The van der Waals surface area contributed by atoms with Crippen molar-refractivity contribution in [2.75, 3.05) is 7.11 Å². The van der Waals surface area contributed by atoms with Gasteiger partial charge in [-0.25, -0.2) is 0 Å². The van der Waals surface area contributed by atoms with E-state index in [2.05, 4.69) is 19.2 Å². The molecule has 0 radical (unpaired) electrons. The second-order valence-corrected chi connectivity index (χ2v) is 6.46. The minimum Gasteiger partial charge on any atom is -0.381 e. The number of rotatable bonds is 4. The lowest BCUT2D eigenvalue weighted by Gasteiger charge is -2.51. The first-order valence-corrected chi connectivity index (χ1v) is 7.03. The Kier molecular flexibility index (Phi) is 3.97. The van der Waals surface area contributed by atoms with Crippen molar-refractivity contribution in [3.8, 4) is 0 Å². The molecule has 2 aliphatic carbocycles. The molecule has 2 aliphatic rings. The van der Waals surface area contributed by atoms with Gasteiger partial charge in [0.15, 0.2) is 0 Å². The number of carbonyl (C=O) groups excluding carboxylic acids is 1. The highest BCUT2D eigenvalue weighted by atomic mass is 16.5. The third-order valence-corrected chi connectivity index (χ3v) is 4.96. The number of hydrogen-bond donors (Lipinski definition) is 2. The van der Waals surface area contributed by atoms with Crippen molar-refractivity contribution >= 4 is 5.91 Å². The molecule has 0 spiro atoms. The third-order valence-electron chi connectivity index (χ3n) is 4.96. The molecule has 2 rings (SSSR count). The summed E-state index contributed by atoms with van der Waals surface area (Å²) in [5.41, 5.74) is 6.05. The van der Waals surface area contributed by atoms with Crippen molar-refractivity contribution in [2.45, 2.75) is 64.1 Å². The quantitative estimate of drug-likeness (QED) is 0.798. The molecule has 0 bridgehead atoms. The van der Waals surface area contributed by atoms with Crippen LogP contribution in [0.3, 0.4) is 0 Å². The van der Waals surface area contributed by atoms with Crippen LogP contribution in [-0.4, -0.2) is 31.2 Å². The summed E-state index contributed by atoms with van der Waals surface area (Å²) in [6.07, 6.45) is 5.11. The van der Waals surface area contributed by atoms with Gasteiger partial charge in [-0.15, -0.1) is 0 Å². The van der Waals surface area contributed by atoms with Gasteiger partial charge in [0.1, 0.15) is 0 Å². The maximum atomic E-state index is 12.0. The van der Waals surface area contributed by atoms with Gasteiger partial charge in [0.05, 0.1) is 6.10 Å². The van der Waals surface area contributed by atoms with Crippen LogP contribution in [0.2, 0.25) is 0 Å². The number of nitrogens with one attached hydrogen (secondary N) is 1. The Hall–Kier alpha value is -0.610. The molecule has 4 atom stereocenters. The summed E-state index contributed by atoms with van der Waals surface area (Å²) >= 11 is 0. The Morgan fingerprint density at radius 1 is 1.44 bits per heavy atom. The highest BCUT2D eigenvalue weighted by molar-refractivity contribution is 5.77. The summed E-state index contributed by atoms with van der Waals surface area (Å²) in [7, 11) is 1.74. The zero-order chi connectivity index (χ0) is 13.3. The van der Waals surface area contributed by atoms with E-state index in [1.54, 1.807) is 7.11 Å². The fourth-order valence-electron chi connectivity index (χ4n) is 3.34. The summed E-state index contributed by atoms with van der Waals surface area (Å²) in [5.74, 6) is 0.538. The van der Waals surface area contributed by atoms with Gasteiger partial charge < -0.3 is 15.8 Å². The number of amides is 1. The summed E-state index contributed by atoms with van der Waals surface area (Å²) in [6, 6.07) is 0.462. The standard InChI is InChI=1S/C14H26N2O2/c1-14(2)11(8-12(14)18-3)16-13(17)7-9-5-4-6-10(9)15/h9-12H,4-8,15H2,1-3H3,(H,16,17)/t9-,10+,11?,12?/m0/s1. The number of nitrogens with two attached hydrogens (primary N) is 1. The molecule has 0 aromatic carbocycles. The molecule has 3 N–H and O–H groups in total. The molecule has 104 valence electrons. The van der Waals surface area contributed by atoms with Crippen LogP contribution in [0.15, 0.2) is 0 Å². The van der Waals surface area contributed by atoms with Crippen LogP contribution in [0, 0.1) is 11.3 Å². The van der Waals surface area contributed by atoms with E-state index in [0.29, 0.717) is 12.3 Å². The number of methoxy groups -OCH3 is 1. The van der Waals surface area contributed by atoms with Gasteiger partial charge in [0.2, 0.25) is 5.91 Å². The maximum Gasteiger partial charge on any atom is 0.220 e. The third kappa shape index (κ3) is 2.54. The highest BCUT2D eigenvalue weighted by Crippen LogP contribution is 2.42. The van der Waals surface area contributed by atoms with E-state index in [9.17, 15) is 4.79 Å². The van der Waals surface area contributed by atoms with Gasteiger partial charge >= 0.3 is 0 Å². The van der Waals surface area contributed by atoms with E-state index in [-0.39, 0.29) is 29.5 Å². The maximum absolute atomic E-state index is 12.0. The first-order valence-electron chi connectivity index (χ1n) is 7.03. The second kappa shape index (κ2) is 5.17. The molecule has 0 heterocycles. The minimum absolute atomic E-state index is 0.0439. The predicted octanol–water partition coefficient (Wildman–Crippen LogP) is 1.43. The normalized spacial score (nSPS) is 38.2. The zero-order valence-electron chi connectivity index (χ0n) is 11.7. The summed E-state index contributed by atoms with van der Waals surface area (Å²) < 4.78 is 5.39. The van der Waals surface area contributed by atoms with Gasteiger partial charge in [-0.3, -0.25) is 4.79 Å². The molecule has 2 fully saturated rings. The van der Waals surface area contributed by atoms with E-state index in [0.717, 1.165) is 19.3 Å². The van der Waals surface area contributed by atoms with Crippen LogP contribution in [0.1, 0.15) is 46.0 Å². The van der Waals surface area contributed by atoms with E-state index in [1.165, 1.54) is 6.42 Å². The average Bonchev–Trinajstić information content (AvgIpc) is 2.70. The molecule has 1 amide bonds. The van der Waals surface area contributed by atoms with Crippen LogP contribution >= 0.6 is 0 Å². The first-order chi connectivity index (χ1) is 8.45. The van der Waals surface area contributed by atoms with Gasteiger partial charge in [-0.1, -0.05) is 20.3 Å². The van der Waals surface area contributed by atoms with Gasteiger partial charge in [0.25, 0.3) is 0 Å². The molecule has 0 aromatic heterocycles. The molecular formula is C14H26N2O2. The fourth-order valence-corrected chi connectivity index (χ4v) is 3.34.